The van der Waals surface area contributed by atoms with Crippen molar-refractivity contribution in [3.8, 4) is 5.88 Å². The average molecular weight is 224 g/mol. The fourth-order valence-electron chi connectivity index (χ4n) is 1.11. The van der Waals surface area contributed by atoms with Crippen molar-refractivity contribution in [2.75, 3.05) is 13.7 Å². The summed E-state index contributed by atoms with van der Waals surface area (Å²) in [7, 11) is 1.44. The van der Waals surface area contributed by atoms with Crippen LogP contribution in [0, 0.1) is 10.1 Å². The van der Waals surface area contributed by atoms with Crippen LogP contribution in [-0.2, 0) is 0 Å². The van der Waals surface area contributed by atoms with Crippen LogP contribution in [0.5, 0.6) is 5.88 Å². The van der Waals surface area contributed by atoms with E-state index in [1.165, 1.54) is 25.3 Å². The molecule has 1 N–H and O–H groups in total. The first-order chi connectivity index (χ1) is 7.69. The fraction of sp³-hybridized carbons (Fsp3) is 0.300. The Kier molecular flexibility index (Phi) is 4.41. The monoisotopic (exact) mass is 224 g/mol. The van der Waals surface area contributed by atoms with Gasteiger partial charge in [0.1, 0.15) is 5.69 Å². The van der Waals surface area contributed by atoms with Crippen LogP contribution in [0.2, 0.25) is 0 Å². The number of hydrogen-bond acceptors (Lipinski definition) is 5. The highest BCUT2D eigenvalue weighted by atomic mass is 16.6. The molecule has 1 aromatic rings. The van der Waals surface area contributed by atoms with Crippen LogP contribution in [0.1, 0.15) is 12.1 Å². The maximum Gasteiger partial charge on any atom is 0.295 e. The molecule has 0 radical (unpaired) electrons. The molecule has 6 heteroatoms. The summed E-state index contributed by atoms with van der Waals surface area (Å²) in [5.41, 5.74) is 0.132. The Bertz CT molecular complexity index is 404. The second-order valence-electron chi connectivity index (χ2n) is 2.93. The summed E-state index contributed by atoms with van der Waals surface area (Å²) < 4.78 is 4.88. The first kappa shape index (κ1) is 12.1. The summed E-state index contributed by atoms with van der Waals surface area (Å²) in [5.74, 6) is 0.314. The fourth-order valence-corrected chi connectivity index (χ4v) is 1.11. The van der Waals surface area contributed by atoms with E-state index in [9.17, 15) is 10.1 Å². The van der Waals surface area contributed by atoms with Gasteiger partial charge < -0.3 is 9.84 Å². The highest BCUT2D eigenvalue weighted by Gasteiger charge is 2.13. The van der Waals surface area contributed by atoms with Gasteiger partial charge in [0, 0.05) is 18.7 Å². The molecule has 1 heterocycles. The topological polar surface area (TPSA) is 85.5 Å². The molecule has 0 aliphatic heterocycles. The lowest BCUT2D eigenvalue weighted by Gasteiger charge is -2.00. The minimum absolute atomic E-state index is 0.00569. The Hall–Kier alpha value is -1.95. The molecule has 1 aromatic heterocycles. The van der Waals surface area contributed by atoms with Crippen LogP contribution in [0.25, 0.3) is 6.08 Å². The third kappa shape index (κ3) is 3.03. The van der Waals surface area contributed by atoms with Gasteiger partial charge in [-0.25, -0.2) is 4.98 Å². The van der Waals surface area contributed by atoms with Gasteiger partial charge in [0.05, 0.1) is 12.0 Å². The molecule has 0 spiro atoms. The molecule has 0 atom stereocenters. The van der Waals surface area contributed by atoms with Gasteiger partial charge in [-0.2, -0.15) is 0 Å². The predicted octanol–water partition coefficient (Wildman–Crippen LogP) is 1.39. The Morgan fingerprint density at radius 2 is 2.38 bits per heavy atom. The van der Waals surface area contributed by atoms with E-state index in [0.717, 1.165) is 0 Å². The van der Waals surface area contributed by atoms with Gasteiger partial charge in [0.15, 0.2) is 0 Å². The maximum atomic E-state index is 10.7. The summed E-state index contributed by atoms with van der Waals surface area (Å²) in [6, 6.07) is 2.77. The summed E-state index contributed by atoms with van der Waals surface area (Å²) in [4.78, 5) is 14.1. The molecule has 0 saturated heterocycles. The summed E-state index contributed by atoms with van der Waals surface area (Å²) >= 11 is 0. The molecule has 0 amide bonds. The van der Waals surface area contributed by atoms with Crippen molar-refractivity contribution in [2.45, 2.75) is 6.42 Å². The van der Waals surface area contributed by atoms with E-state index in [-0.39, 0.29) is 18.0 Å². The van der Waals surface area contributed by atoms with Crippen molar-refractivity contribution in [2.24, 2.45) is 0 Å². The lowest BCUT2D eigenvalue weighted by atomic mass is 10.2. The predicted molar refractivity (Wildman–Crippen MR) is 58.2 cm³/mol. The quantitative estimate of drug-likeness (QED) is 0.603. The Labute approximate surface area is 92.3 Å². The number of aliphatic hydroxyl groups excluding tert-OH is 1. The van der Waals surface area contributed by atoms with Crippen LogP contribution >= 0.6 is 0 Å². The first-order valence-electron chi connectivity index (χ1n) is 4.66. The SMILES string of the molecule is COc1ccc([N+](=O)[O-])c(C=CCCO)n1. The first-order valence-corrected chi connectivity index (χ1v) is 4.66. The molecule has 0 saturated carbocycles. The largest absolute Gasteiger partial charge is 0.481 e. The average Bonchev–Trinajstić information content (AvgIpc) is 2.29. The van der Waals surface area contributed by atoms with Gasteiger partial charge in [-0.15, -0.1) is 0 Å². The van der Waals surface area contributed by atoms with Crippen LogP contribution in [0.15, 0.2) is 18.2 Å². The number of hydrogen-bond donors (Lipinski definition) is 1. The number of aliphatic hydroxyl groups is 1. The van der Waals surface area contributed by atoms with Crippen molar-refractivity contribution >= 4 is 11.8 Å². The zero-order valence-corrected chi connectivity index (χ0v) is 8.79. The second kappa shape index (κ2) is 5.82. The minimum Gasteiger partial charge on any atom is -0.481 e. The molecule has 1 rings (SSSR count). The van der Waals surface area contributed by atoms with Crippen LogP contribution in [0.3, 0.4) is 0 Å². The number of ether oxygens (including phenoxy) is 1. The highest BCUT2D eigenvalue weighted by Crippen LogP contribution is 2.21. The molecular weight excluding hydrogens is 212 g/mol. The van der Waals surface area contributed by atoms with Crippen molar-refractivity contribution < 1.29 is 14.8 Å². The van der Waals surface area contributed by atoms with Gasteiger partial charge in [0.25, 0.3) is 5.69 Å². The zero-order chi connectivity index (χ0) is 12.0. The standard InChI is InChI=1S/C10H12N2O4/c1-16-10-6-5-9(12(14)15)8(11-10)4-2-3-7-13/h2,4-6,13H,3,7H2,1H3. The van der Waals surface area contributed by atoms with Gasteiger partial charge >= 0.3 is 0 Å². The normalized spacial score (nSPS) is 10.6. The van der Waals surface area contributed by atoms with Crippen LogP contribution in [-0.4, -0.2) is 28.7 Å². The minimum atomic E-state index is -0.509. The smallest absolute Gasteiger partial charge is 0.295 e. The molecule has 0 aromatic carbocycles. The lowest BCUT2D eigenvalue weighted by Crippen LogP contribution is -1.96. The molecule has 86 valence electrons. The molecule has 6 nitrogen and oxygen atoms in total. The van der Waals surface area contributed by atoms with Crippen LogP contribution in [0.4, 0.5) is 5.69 Å². The Morgan fingerprint density at radius 1 is 1.62 bits per heavy atom. The third-order valence-corrected chi connectivity index (χ3v) is 1.85. The van der Waals surface area contributed by atoms with Crippen molar-refractivity contribution in [3.05, 3.63) is 34.0 Å². The van der Waals surface area contributed by atoms with E-state index in [0.29, 0.717) is 12.3 Å². The van der Waals surface area contributed by atoms with E-state index in [2.05, 4.69) is 4.98 Å². The third-order valence-electron chi connectivity index (χ3n) is 1.85. The highest BCUT2D eigenvalue weighted by molar-refractivity contribution is 5.57. The van der Waals surface area contributed by atoms with E-state index in [1.54, 1.807) is 6.08 Å². The van der Waals surface area contributed by atoms with Crippen molar-refractivity contribution in [1.82, 2.24) is 4.98 Å². The number of pyridine rings is 1. The number of nitrogens with zero attached hydrogens (tertiary/aromatic N) is 2. The van der Waals surface area contributed by atoms with Crippen LogP contribution < -0.4 is 4.74 Å². The molecule has 16 heavy (non-hydrogen) atoms. The Balaban J connectivity index is 3.05. The van der Waals surface area contributed by atoms with Crippen molar-refractivity contribution in [3.63, 3.8) is 0 Å². The van der Waals surface area contributed by atoms with E-state index in [1.807, 2.05) is 0 Å². The Morgan fingerprint density at radius 3 is 2.94 bits per heavy atom. The molecule has 0 fully saturated rings. The molecular formula is C10H12N2O4. The molecule has 0 unspecified atom stereocenters. The summed E-state index contributed by atoms with van der Waals surface area (Å²) in [6.45, 7) is -0.00569. The van der Waals surface area contributed by atoms with E-state index < -0.39 is 4.92 Å². The molecule has 0 bridgehead atoms. The number of methoxy groups -OCH3 is 1. The van der Waals surface area contributed by atoms with E-state index in [4.69, 9.17) is 9.84 Å². The van der Waals surface area contributed by atoms with Crippen molar-refractivity contribution in [1.29, 1.82) is 0 Å². The lowest BCUT2D eigenvalue weighted by molar-refractivity contribution is -0.385. The number of aromatic nitrogens is 1. The van der Waals surface area contributed by atoms with Gasteiger partial charge in [-0.1, -0.05) is 6.08 Å². The molecule has 0 aliphatic carbocycles. The number of nitro groups is 1. The summed E-state index contributed by atoms with van der Waals surface area (Å²) in [6.07, 6.45) is 3.54. The number of rotatable bonds is 5. The van der Waals surface area contributed by atoms with Gasteiger partial charge in [-0.3, -0.25) is 10.1 Å². The second-order valence-corrected chi connectivity index (χ2v) is 2.93. The molecule has 0 aliphatic rings. The van der Waals surface area contributed by atoms with Gasteiger partial charge in [-0.05, 0) is 12.5 Å². The maximum absolute atomic E-state index is 10.7. The zero-order valence-electron chi connectivity index (χ0n) is 8.79. The van der Waals surface area contributed by atoms with Gasteiger partial charge in [0.2, 0.25) is 5.88 Å². The van der Waals surface area contributed by atoms with E-state index >= 15 is 0 Å². The summed E-state index contributed by atoms with van der Waals surface area (Å²) in [5, 5.41) is 19.3.